The van der Waals surface area contributed by atoms with E-state index in [9.17, 15) is 0 Å². The second-order valence-corrected chi connectivity index (χ2v) is 6.31. The van der Waals surface area contributed by atoms with E-state index in [0.29, 0.717) is 18.9 Å². The molecule has 0 saturated heterocycles. The third-order valence-corrected chi connectivity index (χ3v) is 4.62. The smallest absolute Gasteiger partial charge is 0.231 e. The third kappa shape index (κ3) is 3.54. The van der Waals surface area contributed by atoms with Crippen molar-refractivity contribution >= 4 is 11.3 Å². The molecule has 0 bridgehead atoms. The van der Waals surface area contributed by atoms with Gasteiger partial charge in [0.1, 0.15) is 5.01 Å². The fourth-order valence-electron chi connectivity index (χ4n) is 2.51. The van der Waals surface area contributed by atoms with Crippen LogP contribution in [0.4, 0.5) is 0 Å². The summed E-state index contributed by atoms with van der Waals surface area (Å²) in [6.07, 6.45) is 3.96. The van der Waals surface area contributed by atoms with Crippen molar-refractivity contribution in [2.24, 2.45) is 0 Å². The topological polar surface area (TPSA) is 43.4 Å². The fraction of sp³-hybridized carbons (Fsp3) is 0.438. The van der Waals surface area contributed by atoms with Crippen LogP contribution >= 0.6 is 11.3 Å². The molecule has 1 aromatic carbocycles. The Morgan fingerprint density at radius 1 is 1.29 bits per heavy atom. The molecule has 112 valence electrons. The van der Waals surface area contributed by atoms with E-state index in [0.717, 1.165) is 29.3 Å². The summed E-state index contributed by atoms with van der Waals surface area (Å²) in [5, 5.41) is 6.76. The number of nitrogens with one attached hydrogen (secondary N) is 1. The maximum Gasteiger partial charge on any atom is 0.231 e. The summed E-state index contributed by atoms with van der Waals surface area (Å²) in [4.78, 5) is 4.35. The molecule has 5 heteroatoms. The lowest BCUT2D eigenvalue weighted by Crippen LogP contribution is -2.29. The summed E-state index contributed by atoms with van der Waals surface area (Å²) in [5.74, 6) is 1.71. The Morgan fingerprint density at radius 2 is 2.14 bits per heavy atom. The summed E-state index contributed by atoms with van der Waals surface area (Å²) in [6, 6.07) is 6.93. The summed E-state index contributed by atoms with van der Waals surface area (Å²) in [5.41, 5.74) is 1.29. The van der Waals surface area contributed by atoms with Gasteiger partial charge in [-0.05, 0) is 44.4 Å². The van der Waals surface area contributed by atoms with Crippen molar-refractivity contribution in [3.63, 3.8) is 0 Å². The molecule has 4 nitrogen and oxygen atoms in total. The molecular weight excluding hydrogens is 284 g/mol. The first-order valence-corrected chi connectivity index (χ1v) is 8.14. The third-order valence-electron chi connectivity index (χ3n) is 3.66. The van der Waals surface area contributed by atoms with Gasteiger partial charge in [0, 0.05) is 17.6 Å². The molecule has 0 saturated carbocycles. The maximum atomic E-state index is 5.41. The molecule has 21 heavy (non-hydrogen) atoms. The van der Waals surface area contributed by atoms with E-state index >= 15 is 0 Å². The van der Waals surface area contributed by atoms with E-state index < -0.39 is 0 Å². The van der Waals surface area contributed by atoms with Crippen LogP contribution < -0.4 is 14.8 Å². The lowest BCUT2D eigenvalue weighted by molar-refractivity contribution is 0.174. The van der Waals surface area contributed by atoms with Crippen LogP contribution in [0.25, 0.3) is 0 Å². The number of aryl methyl sites for hydroxylation is 1. The first-order valence-electron chi connectivity index (χ1n) is 7.26. The Bertz CT molecular complexity index is 586. The van der Waals surface area contributed by atoms with Crippen molar-refractivity contribution in [3.8, 4) is 11.5 Å². The van der Waals surface area contributed by atoms with Crippen molar-refractivity contribution in [3.05, 3.63) is 40.3 Å². The van der Waals surface area contributed by atoms with Gasteiger partial charge in [-0.25, -0.2) is 4.98 Å². The molecular formula is C16H20N2O2S. The van der Waals surface area contributed by atoms with Crippen LogP contribution in [0.15, 0.2) is 29.8 Å². The minimum absolute atomic E-state index is 0.303. The van der Waals surface area contributed by atoms with Gasteiger partial charge < -0.3 is 14.8 Å². The second kappa shape index (κ2) is 6.45. The average Bonchev–Trinajstić information content (AvgIpc) is 3.15. The molecule has 3 rings (SSSR count). The van der Waals surface area contributed by atoms with Gasteiger partial charge in [-0.1, -0.05) is 6.07 Å². The summed E-state index contributed by atoms with van der Waals surface area (Å²) < 4.78 is 10.7. The number of fused-ring (bicyclic) bond motifs is 1. The number of hydrogen-bond donors (Lipinski definition) is 1. The van der Waals surface area contributed by atoms with Crippen molar-refractivity contribution in [1.29, 1.82) is 0 Å². The number of benzene rings is 1. The summed E-state index contributed by atoms with van der Waals surface area (Å²) >= 11 is 1.70. The van der Waals surface area contributed by atoms with Gasteiger partial charge in [-0.2, -0.15) is 0 Å². The van der Waals surface area contributed by atoms with Crippen LogP contribution in [0, 0.1) is 0 Å². The Morgan fingerprint density at radius 3 is 2.95 bits per heavy atom. The molecule has 2 unspecified atom stereocenters. The minimum Gasteiger partial charge on any atom is -0.454 e. The molecule has 2 aromatic rings. The summed E-state index contributed by atoms with van der Waals surface area (Å²) in [6.45, 7) is 4.72. The standard InChI is InChI=1S/C16H20N2O2S/c1-11(18-12(2)16-17-7-8-21-16)3-4-13-5-6-14-15(9-13)20-10-19-14/h5-9,11-12,18H,3-4,10H2,1-2H3. The zero-order valence-electron chi connectivity index (χ0n) is 12.3. The van der Waals surface area contributed by atoms with Gasteiger partial charge in [-0.15, -0.1) is 11.3 Å². The molecule has 0 radical (unpaired) electrons. The van der Waals surface area contributed by atoms with Gasteiger partial charge in [0.25, 0.3) is 0 Å². The van der Waals surface area contributed by atoms with Crippen LogP contribution in [0.5, 0.6) is 11.5 Å². The molecule has 2 atom stereocenters. The zero-order valence-corrected chi connectivity index (χ0v) is 13.2. The highest BCUT2D eigenvalue weighted by Crippen LogP contribution is 2.32. The van der Waals surface area contributed by atoms with E-state index in [-0.39, 0.29) is 0 Å². The normalized spacial score (nSPS) is 15.9. The SMILES string of the molecule is CC(CCc1ccc2c(c1)OCO2)NC(C)c1nccs1. The molecule has 1 aliphatic heterocycles. The van der Waals surface area contributed by atoms with Crippen LogP contribution in [-0.2, 0) is 6.42 Å². The monoisotopic (exact) mass is 304 g/mol. The van der Waals surface area contributed by atoms with Gasteiger partial charge in [0.05, 0.1) is 6.04 Å². The van der Waals surface area contributed by atoms with E-state index in [1.165, 1.54) is 5.56 Å². The largest absolute Gasteiger partial charge is 0.454 e. The van der Waals surface area contributed by atoms with Crippen LogP contribution in [0.3, 0.4) is 0 Å². The Kier molecular flexibility index (Phi) is 4.41. The minimum atomic E-state index is 0.303. The predicted octanol–water partition coefficient (Wildman–Crippen LogP) is 3.54. The van der Waals surface area contributed by atoms with E-state index in [2.05, 4.69) is 36.3 Å². The number of rotatable bonds is 6. The highest BCUT2D eigenvalue weighted by molar-refractivity contribution is 7.09. The maximum absolute atomic E-state index is 5.41. The molecule has 0 amide bonds. The molecule has 1 aromatic heterocycles. The van der Waals surface area contributed by atoms with Crippen molar-refractivity contribution < 1.29 is 9.47 Å². The Balaban J connectivity index is 1.50. The van der Waals surface area contributed by atoms with E-state index in [4.69, 9.17) is 9.47 Å². The van der Waals surface area contributed by atoms with E-state index in [1.54, 1.807) is 11.3 Å². The van der Waals surface area contributed by atoms with Crippen LogP contribution in [-0.4, -0.2) is 17.8 Å². The van der Waals surface area contributed by atoms with E-state index in [1.807, 2.05) is 17.6 Å². The zero-order chi connectivity index (χ0) is 14.7. The number of ether oxygens (including phenoxy) is 2. The first kappa shape index (κ1) is 14.4. The molecule has 2 heterocycles. The lowest BCUT2D eigenvalue weighted by atomic mass is 10.1. The Hall–Kier alpha value is -1.59. The molecule has 1 aliphatic rings. The number of hydrogen-bond acceptors (Lipinski definition) is 5. The number of thiazole rings is 1. The number of aromatic nitrogens is 1. The highest BCUT2D eigenvalue weighted by atomic mass is 32.1. The molecule has 1 N–H and O–H groups in total. The Labute approximate surface area is 129 Å². The second-order valence-electron chi connectivity index (χ2n) is 5.39. The average molecular weight is 304 g/mol. The highest BCUT2D eigenvalue weighted by Gasteiger charge is 2.14. The predicted molar refractivity (Wildman–Crippen MR) is 84.0 cm³/mol. The van der Waals surface area contributed by atoms with Gasteiger partial charge in [-0.3, -0.25) is 0 Å². The lowest BCUT2D eigenvalue weighted by Gasteiger charge is -2.18. The van der Waals surface area contributed by atoms with Crippen molar-refractivity contribution in [2.75, 3.05) is 6.79 Å². The van der Waals surface area contributed by atoms with Gasteiger partial charge in [0.2, 0.25) is 6.79 Å². The molecule has 0 fully saturated rings. The van der Waals surface area contributed by atoms with Crippen LogP contribution in [0.1, 0.15) is 36.9 Å². The molecule has 0 spiro atoms. The van der Waals surface area contributed by atoms with Gasteiger partial charge >= 0.3 is 0 Å². The summed E-state index contributed by atoms with van der Waals surface area (Å²) in [7, 11) is 0. The van der Waals surface area contributed by atoms with Crippen molar-refractivity contribution in [1.82, 2.24) is 10.3 Å². The quantitative estimate of drug-likeness (QED) is 0.886. The first-order chi connectivity index (χ1) is 10.2. The number of nitrogens with zero attached hydrogens (tertiary/aromatic N) is 1. The molecule has 0 aliphatic carbocycles. The van der Waals surface area contributed by atoms with Crippen molar-refractivity contribution in [2.45, 2.75) is 38.8 Å². The fourth-order valence-corrected chi connectivity index (χ4v) is 3.16. The van der Waals surface area contributed by atoms with Gasteiger partial charge in [0.15, 0.2) is 11.5 Å². The van der Waals surface area contributed by atoms with Crippen LogP contribution in [0.2, 0.25) is 0 Å².